The molecule has 1 saturated heterocycles. The third kappa shape index (κ3) is 4.51. The molecule has 3 N–H and O–H groups in total. The molecule has 1 aliphatic heterocycles. The van der Waals surface area contributed by atoms with Crippen molar-refractivity contribution in [3.05, 3.63) is 35.9 Å². The Morgan fingerprint density at radius 3 is 2.65 bits per heavy atom. The summed E-state index contributed by atoms with van der Waals surface area (Å²) >= 11 is 0. The molecule has 1 aromatic carbocycles. The minimum absolute atomic E-state index is 0. The summed E-state index contributed by atoms with van der Waals surface area (Å²) in [5.41, 5.74) is 6.39. The molecule has 0 spiro atoms. The van der Waals surface area contributed by atoms with E-state index in [0.717, 1.165) is 19.4 Å². The largest absolute Gasteiger partial charge is 0.343 e. The van der Waals surface area contributed by atoms with Crippen LogP contribution in [0.15, 0.2) is 30.3 Å². The lowest BCUT2D eigenvalue weighted by atomic mass is 10.1. The first-order chi connectivity index (χ1) is 9.16. The summed E-state index contributed by atoms with van der Waals surface area (Å²) in [5, 5.41) is 2.64. The van der Waals surface area contributed by atoms with Crippen LogP contribution in [0.5, 0.6) is 0 Å². The first-order valence-electron chi connectivity index (χ1n) is 6.53. The van der Waals surface area contributed by atoms with E-state index in [1.54, 1.807) is 29.2 Å². The van der Waals surface area contributed by atoms with Gasteiger partial charge in [-0.1, -0.05) is 18.2 Å². The van der Waals surface area contributed by atoms with E-state index in [4.69, 9.17) is 5.73 Å². The van der Waals surface area contributed by atoms with Crippen molar-refractivity contribution in [1.82, 2.24) is 10.2 Å². The Hall–Kier alpha value is -1.59. The van der Waals surface area contributed by atoms with Crippen molar-refractivity contribution in [2.45, 2.75) is 18.9 Å². The summed E-state index contributed by atoms with van der Waals surface area (Å²) in [7, 11) is 0. The van der Waals surface area contributed by atoms with Crippen LogP contribution in [0.1, 0.15) is 23.2 Å². The van der Waals surface area contributed by atoms with Crippen LogP contribution in [0.3, 0.4) is 0 Å². The van der Waals surface area contributed by atoms with Gasteiger partial charge in [0, 0.05) is 24.7 Å². The van der Waals surface area contributed by atoms with Crippen molar-refractivity contribution < 1.29 is 9.59 Å². The number of hydrogen-bond acceptors (Lipinski definition) is 3. The number of nitrogens with two attached hydrogens (primary N) is 1. The zero-order chi connectivity index (χ0) is 13.7. The van der Waals surface area contributed by atoms with Gasteiger partial charge in [0.2, 0.25) is 5.91 Å². The van der Waals surface area contributed by atoms with E-state index in [2.05, 4.69) is 5.32 Å². The second-order valence-electron chi connectivity index (χ2n) is 4.79. The normalized spacial score (nSPS) is 18.1. The molecule has 20 heavy (non-hydrogen) atoms. The number of nitrogens with one attached hydrogen (secondary N) is 1. The smallest absolute Gasteiger partial charge is 0.251 e. The highest BCUT2D eigenvalue weighted by Crippen LogP contribution is 2.08. The van der Waals surface area contributed by atoms with Crippen molar-refractivity contribution in [2.24, 2.45) is 5.73 Å². The highest BCUT2D eigenvalue weighted by Gasteiger charge is 2.21. The van der Waals surface area contributed by atoms with Crippen LogP contribution in [0, 0.1) is 0 Å². The number of likely N-dealkylation sites (tertiary alicyclic amines) is 1. The second kappa shape index (κ2) is 7.87. The fourth-order valence-corrected chi connectivity index (χ4v) is 2.20. The van der Waals surface area contributed by atoms with Crippen molar-refractivity contribution in [2.75, 3.05) is 19.6 Å². The van der Waals surface area contributed by atoms with Crippen LogP contribution in [0.2, 0.25) is 0 Å². The third-order valence-electron chi connectivity index (χ3n) is 3.25. The molecule has 1 aliphatic rings. The van der Waals surface area contributed by atoms with Crippen LogP contribution in [-0.4, -0.2) is 42.4 Å². The van der Waals surface area contributed by atoms with Gasteiger partial charge in [-0.2, -0.15) is 0 Å². The molecule has 0 aromatic heterocycles. The number of nitrogens with zero attached hydrogens (tertiary/aromatic N) is 1. The molecule has 6 heteroatoms. The summed E-state index contributed by atoms with van der Waals surface area (Å²) in [5.74, 6) is -0.297. The molecular weight excluding hydrogens is 278 g/mol. The quantitative estimate of drug-likeness (QED) is 0.866. The van der Waals surface area contributed by atoms with Gasteiger partial charge in [-0.25, -0.2) is 0 Å². The van der Waals surface area contributed by atoms with E-state index in [1.165, 1.54) is 0 Å². The predicted molar refractivity (Wildman–Crippen MR) is 79.8 cm³/mol. The van der Waals surface area contributed by atoms with E-state index in [0.29, 0.717) is 12.1 Å². The molecule has 0 radical (unpaired) electrons. The molecular formula is C14H20ClN3O2. The topological polar surface area (TPSA) is 75.4 Å². The minimum atomic E-state index is -0.227. The Morgan fingerprint density at radius 1 is 1.30 bits per heavy atom. The summed E-state index contributed by atoms with van der Waals surface area (Å²) in [6.07, 6.45) is 1.89. The van der Waals surface area contributed by atoms with Crippen LogP contribution in [0.25, 0.3) is 0 Å². The Morgan fingerprint density at radius 2 is 2.00 bits per heavy atom. The molecule has 2 amide bonds. The van der Waals surface area contributed by atoms with Gasteiger partial charge >= 0.3 is 0 Å². The zero-order valence-corrected chi connectivity index (χ0v) is 12.1. The number of benzene rings is 1. The van der Waals surface area contributed by atoms with Crippen molar-refractivity contribution >= 4 is 24.2 Å². The molecule has 110 valence electrons. The van der Waals surface area contributed by atoms with Gasteiger partial charge in [-0.05, 0) is 25.0 Å². The number of hydrogen-bond donors (Lipinski definition) is 2. The molecule has 1 fully saturated rings. The van der Waals surface area contributed by atoms with Crippen molar-refractivity contribution in [3.8, 4) is 0 Å². The Bertz CT molecular complexity index is 453. The first-order valence-corrected chi connectivity index (χ1v) is 6.53. The number of rotatable bonds is 3. The SMILES string of the molecule is Cl.NC1CCCN(C(=O)CNC(=O)c2ccccc2)C1. The van der Waals surface area contributed by atoms with E-state index in [1.807, 2.05) is 6.07 Å². The molecule has 0 aliphatic carbocycles. The Labute approximate surface area is 124 Å². The lowest BCUT2D eigenvalue weighted by Crippen LogP contribution is -2.48. The monoisotopic (exact) mass is 297 g/mol. The average Bonchev–Trinajstić information content (AvgIpc) is 2.45. The maximum atomic E-state index is 11.9. The van der Waals surface area contributed by atoms with Gasteiger partial charge in [0.1, 0.15) is 0 Å². The standard InChI is InChI=1S/C14H19N3O2.ClH/c15-12-7-4-8-17(10-12)13(18)9-16-14(19)11-5-2-1-3-6-11;/h1-3,5-6,12H,4,7-10,15H2,(H,16,19);1H. The second-order valence-corrected chi connectivity index (χ2v) is 4.79. The van der Waals surface area contributed by atoms with Gasteiger partial charge in [0.25, 0.3) is 5.91 Å². The fraction of sp³-hybridized carbons (Fsp3) is 0.429. The number of carbonyl (C=O) groups excluding carboxylic acids is 2. The average molecular weight is 298 g/mol. The number of piperidine rings is 1. The summed E-state index contributed by atoms with van der Waals surface area (Å²) in [6, 6.07) is 8.92. The molecule has 1 unspecified atom stereocenters. The van der Waals surface area contributed by atoms with Crippen LogP contribution >= 0.6 is 12.4 Å². The van der Waals surface area contributed by atoms with Crippen LogP contribution in [-0.2, 0) is 4.79 Å². The van der Waals surface area contributed by atoms with Gasteiger partial charge in [-0.3, -0.25) is 9.59 Å². The van der Waals surface area contributed by atoms with E-state index in [-0.39, 0.29) is 36.8 Å². The number of halogens is 1. The van der Waals surface area contributed by atoms with Crippen LogP contribution < -0.4 is 11.1 Å². The molecule has 0 saturated carbocycles. The maximum absolute atomic E-state index is 11.9. The lowest BCUT2D eigenvalue weighted by Gasteiger charge is -2.30. The molecule has 5 nitrogen and oxygen atoms in total. The van der Waals surface area contributed by atoms with Gasteiger partial charge in [0.15, 0.2) is 0 Å². The number of carbonyl (C=O) groups is 2. The van der Waals surface area contributed by atoms with E-state index >= 15 is 0 Å². The van der Waals surface area contributed by atoms with E-state index < -0.39 is 0 Å². The van der Waals surface area contributed by atoms with Gasteiger partial charge in [-0.15, -0.1) is 12.4 Å². The fourth-order valence-electron chi connectivity index (χ4n) is 2.20. The predicted octanol–water partition coefficient (Wildman–Crippen LogP) is 0.788. The molecule has 1 heterocycles. The summed E-state index contributed by atoms with van der Waals surface area (Å²) < 4.78 is 0. The molecule has 0 bridgehead atoms. The zero-order valence-electron chi connectivity index (χ0n) is 11.2. The molecule has 2 rings (SSSR count). The molecule has 1 atom stereocenters. The minimum Gasteiger partial charge on any atom is -0.343 e. The Balaban J connectivity index is 0.00000200. The van der Waals surface area contributed by atoms with E-state index in [9.17, 15) is 9.59 Å². The van der Waals surface area contributed by atoms with Crippen molar-refractivity contribution in [1.29, 1.82) is 0 Å². The number of amides is 2. The highest BCUT2D eigenvalue weighted by atomic mass is 35.5. The third-order valence-corrected chi connectivity index (χ3v) is 3.25. The molecule has 1 aromatic rings. The highest BCUT2D eigenvalue weighted by molar-refractivity contribution is 5.96. The summed E-state index contributed by atoms with van der Waals surface area (Å²) in [6.45, 7) is 1.34. The summed E-state index contributed by atoms with van der Waals surface area (Å²) in [4.78, 5) is 25.4. The van der Waals surface area contributed by atoms with Gasteiger partial charge in [0.05, 0.1) is 6.54 Å². The van der Waals surface area contributed by atoms with Gasteiger partial charge < -0.3 is 16.0 Å². The maximum Gasteiger partial charge on any atom is 0.251 e. The Kier molecular flexibility index (Phi) is 6.48. The lowest BCUT2D eigenvalue weighted by molar-refractivity contribution is -0.131. The van der Waals surface area contributed by atoms with Crippen LogP contribution in [0.4, 0.5) is 0 Å². The van der Waals surface area contributed by atoms with Crippen molar-refractivity contribution in [3.63, 3.8) is 0 Å². The first kappa shape index (κ1) is 16.5.